The largest absolute Gasteiger partial charge is 0.292 e. The number of imide groups is 1. The van der Waals surface area contributed by atoms with Crippen molar-refractivity contribution in [1.82, 2.24) is 10.0 Å². The molecule has 3 fully saturated rings. The van der Waals surface area contributed by atoms with Crippen molar-refractivity contribution in [2.24, 2.45) is 23.7 Å². The molecule has 4 atom stereocenters. The number of hydrogen-bond donors (Lipinski definition) is 0. The highest BCUT2D eigenvalue weighted by atomic mass is 35.5. The topological polar surface area (TPSA) is 74.8 Å². The molecule has 0 aromatic heterocycles. The van der Waals surface area contributed by atoms with E-state index in [1.807, 2.05) is 0 Å². The lowest BCUT2D eigenvalue weighted by atomic mass is 9.81. The smallest absolute Gasteiger partial charge is 0.273 e. The van der Waals surface area contributed by atoms with E-state index in [4.69, 9.17) is 11.6 Å². The third kappa shape index (κ3) is 3.26. The maximum Gasteiger partial charge on any atom is 0.273 e. The van der Waals surface area contributed by atoms with Crippen LogP contribution < -0.4 is 0 Å². The van der Waals surface area contributed by atoms with E-state index in [9.17, 15) is 19.2 Å². The van der Waals surface area contributed by atoms with Crippen molar-refractivity contribution in [2.45, 2.75) is 19.3 Å². The van der Waals surface area contributed by atoms with Crippen molar-refractivity contribution in [3.05, 3.63) is 70.7 Å². The van der Waals surface area contributed by atoms with Gasteiger partial charge in [0.25, 0.3) is 17.7 Å². The summed E-state index contributed by atoms with van der Waals surface area (Å²) in [5.41, 5.74) is 0.668. The summed E-state index contributed by atoms with van der Waals surface area (Å²) < 4.78 is 0. The van der Waals surface area contributed by atoms with E-state index in [1.165, 1.54) is 12.1 Å². The average molecular weight is 437 g/mol. The number of fused-ring (bicyclic) bond motifs is 5. The van der Waals surface area contributed by atoms with Crippen LogP contribution in [0.4, 0.5) is 0 Å². The Morgan fingerprint density at radius 3 is 2.03 bits per heavy atom. The number of halogens is 1. The Kier molecular flexibility index (Phi) is 4.89. The second kappa shape index (κ2) is 7.61. The molecule has 6 nitrogen and oxygen atoms in total. The molecule has 7 heteroatoms. The number of benzene rings is 2. The van der Waals surface area contributed by atoms with Gasteiger partial charge in [-0.15, -0.1) is 0 Å². The van der Waals surface area contributed by atoms with Crippen LogP contribution in [0.25, 0.3) is 0 Å². The van der Waals surface area contributed by atoms with Gasteiger partial charge in [0.15, 0.2) is 5.78 Å². The van der Waals surface area contributed by atoms with Crippen LogP contribution in [0, 0.1) is 23.7 Å². The second-order valence-corrected chi connectivity index (χ2v) is 8.97. The molecule has 1 saturated heterocycles. The van der Waals surface area contributed by atoms with Gasteiger partial charge >= 0.3 is 0 Å². The van der Waals surface area contributed by atoms with Gasteiger partial charge in [0.05, 0.1) is 11.8 Å². The van der Waals surface area contributed by atoms with E-state index in [-0.39, 0.29) is 46.8 Å². The molecule has 0 spiro atoms. The van der Waals surface area contributed by atoms with Crippen LogP contribution in [0.1, 0.15) is 40.0 Å². The van der Waals surface area contributed by atoms with Crippen molar-refractivity contribution in [1.29, 1.82) is 0 Å². The van der Waals surface area contributed by atoms with Crippen LogP contribution in [0.15, 0.2) is 54.6 Å². The molecule has 5 rings (SSSR count). The lowest BCUT2D eigenvalue weighted by Gasteiger charge is -2.30. The Morgan fingerprint density at radius 1 is 0.871 bits per heavy atom. The molecule has 158 valence electrons. The van der Waals surface area contributed by atoms with Crippen molar-refractivity contribution in [3.8, 4) is 0 Å². The van der Waals surface area contributed by atoms with Crippen molar-refractivity contribution < 1.29 is 19.2 Å². The molecule has 3 amide bonds. The van der Waals surface area contributed by atoms with Gasteiger partial charge in [0.1, 0.15) is 6.54 Å². The number of ketones is 1. The van der Waals surface area contributed by atoms with Crippen LogP contribution in [0.5, 0.6) is 0 Å². The van der Waals surface area contributed by atoms with Gasteiger partial charge in [-0.05, 0) is 55.4 Å². The molecule has 0 radical (unpaired) electrons. The first kappa shape index (κ1) is 19.9. The minimum Gasteiger partial charge on any atom is -0.292 e. The normalized spacial score (nSPS) is 26.3. The number of nitrogens with zero attached hydrogens (tertiary/aromatic N) is 2. The predicted octanol–water partition coefficient (Wildman–Crippen LogP) is 3.61. The summed E-state index contributed by atoms with van der Waals surface area (Å²) >= 11 is 5.94. The zero-order chi connectivity index (χ0) is 21.7. The Hall–Kier alpha value is -2.99. The standard InChI is InChI=1S/C24H21ClN2O4/c25-18-10-8-15(9-11-18)22(29)26(13-19(28)14-4-2-1-3-5-14)27-23(30)20-16-6-7-17(12-16)21(20)24(27)31/h1-5,8-11,16-17,20-21H,6-7,12-13H2/t16-,17-,20-,21+/m0/s1. The maximum atomic E-state index is 13.4. The highest BCUT2D eigenvalue weighted by Crippen LogP contribution is 2.56. The number of carbonyl (C=O) groups is 4. The number of amides is 3. The van der Waals surface area contributed by atoms with Crippen LogP contribution in [0.3, 0.4) is 0 Å². The molecule has 0 N–H and O–H groups in total. The van der Waals surface area contributed by atoms with E-state index in [2.05, 4.69) is 0 Å². The second-order valence-electron chi connectivity index (χ2n) is 8.53. The van der Waals surface area contributed by atoms with Crippen LogP contribution in [-0.2, 0) is 9.59 Å². The quantitative estimate of drug-likeness (QED) is 0.530. The lowest BCUT2D eigenvalue weighted by molar-refractivity contribution is -0.154. The first-order valence-electron chi connectivity index (χ1n) is 10.5. The zero-order valence-corrected chi connectivity index (χ0v) is 17.5. The summed E-state index contributed by atoms with van der Waals surface area (Å²) in [5.74, 6) is -2.01. The maximum absolute atomic E-state index is 13.4. The molecular formula is C24H21ClN2O4. The number of carbonyl (C=O) groups excluding carboxylic acids is 4. The molecular weight excluding hydrogens is 416 g/mol. The van der Waals surface area contributed by atoms with E-state index < -0.39 is 12.5 Å². The summed E-state index contributed by atoms with van der Waals surface area (Å²) in [4.78, 5) is 53.0. The first-order chi connectivity index (χ1) is 15.0. The van der Waals surface area contributed by atoms with Gasteiger partial charge < -0.3 is 0 Å². The van der Waals surface area contributed by atoms with E-state index in [0.29, 0.717) is 10.6 Å². The number of hydrazine groups is 1. The number of Topliss-reactive ketones (excluding diaryl/α,β-unsaturated/α-hetero) is 1. The number of rotatable bonds is 5. The summed E-state index contributed by atoms with van der Waals surface area (Å²) in [6, 6.07) is 14.7. The van der Waals surface area contributed by atoms with E-state index in [0.717, 1.165) is 29.3 Å². The average Bonchev–Trinajstić information content (AvgIpc) is 3.47. The monoisotopic (exact) mass is 436 g/mol. The van der Waals surface area contributed by atoms with Gasteiger partial charge in [-0.25, -0.2) is 5.01 Å². The van der Waals surface area contributed by atoms with E-state index in [1.54, 1.807) is 42.5 Å². The van der Waals surface area contributed by atoms with Gasteiger partial charge in [-0.2, -0.15) is 5.01 Å². The third-order valence-electron chi connectivity index (χ3n) is 6.86. The van der Waals surface area contributed by atoms with Crippen LogP contribution >= 0.6 is 11.6 Å². The zero-order valence-electron chi connectivity index (χ0n) is 16.7. The summed E-state index contributed by atoms with van der Waals surface area (Å²) in [6.07, 6.45) is 2.77. The SMILES string of the molecule is O=C(CN(C(=O)c1ccc(Cl)cc1)N1C(=O)[C@@H]2[C@H]3CC[C@@H](C3)[C@@H]2C1=O)c1ccccc1. The molecule has 0 unspecified atom stereocenters. The molecule has 3 aliphatic rings. The fourth-order valence-electron chi connectivity index (χ4n) is 5.46. The van der Waals surface area contributed by atoms with Crippen molar-refractivity contribution in [2.75, 3.05) is 6.54 Å². The van der Waals surface area contributed by atoms with Crippen molar-refractivity contribution in [3.63, 3.8) is 0 Å². The molecule has 2 bridgehead atoms. The van der Waals surface area contributed by atoms with Crippen LogP contribution in [-0.4, -0.2) is 40.1 Å². The Bertz CT molecular complexity index is 1040. The minimum atomic E-state index is -0.574. The predicted molar refractivity (Wildman–Crippen MR) is 113 cm³/mol. The Balaban J connectivity index is 1.50. The fourth-order valence-corrected chi connectivity index (χ4v) is 5.58. The van der Waals surface area contributed by atoms with E-state index >= 15 is 0 Å². The Labute approximate surface area is 184 Å². The highest BCUT2D eigenvalue weighted by molar-refractivity contribution is 6.30. The summed E-state index contributed by atoms with van der Waals surface area (Å²) in [7, 11) is 0. The molecule has 2 aromatic rings. The highest BCUT2D eigenvalue weighted by Gasteiger charge is 2.62. The minimum absolute atomic E-state index is 0.189. The van der Waals surface area contributed by atoms with Gasteiger partial charge in [-0.1, -0.05) is 41.9 Å². The molecule has 1 heterocycles. The van der Waals surface area contributed by atoms with Crippen LogP contribution in [0.2, 0.25) is 5.02 Å². The molecule has 31 heavy (non-hydrogen) atoms. The fraction of sp³-hybridized carbons (Fsp3) is 0.333. The third-order valence-corrected chi connectivity index (χ3v) is 7.11. The number of hydrogen-bond acceptors (Lipinski definition) is 4. The summed E-state index contributed by atoms with van der Waals surface area (Å²) in [5, 5.41) is 2.45. The lowest BCUT2D eigenvalue weighted by Crippen LogP contribution is -2.52. The van der Waals surface area contributed by atoms with Crippen molar-refractivity contribution >= 4 is 35.1 Å². The summed E-state index contributed by atoms with van der Waals surface area (Å²) in [6.45, 7) is -0.391. The Morgan fingerprint density at radius 2 is 1.45 bits per heavy atom. The van der Waals surface area contributed by atoms with Gasteiger partial charge in [0, 0.05) is 16.1 Å². The molecule has 2 aromatic carbocycles. The first-order valence-corrected chi connectivity index (χ1v) is 10.9. The van der Waals surface area contributed by atoms with Gasteiger partial charge in [-0.3, -0.25) is 19.2 Å². The van der Waals surface area contributed by atoms with Gasteiger partial charge in [0.2, 0.25) is 0 Å². The molecule has 1 aliphatic heterocycles. The molecule has 2 aliphatic carbocycles. The molecule has 2 saturated carbocycles.